The summed E-state index contributed by atoms with van der Waals surface area (Å²) in [7, 11) is 0. The van der Waals surface area contributed by atoms with Crippen LogP contribution in [0.5, 0.6) is 0 Å². The monoisotopic (exact) mass is 346 g/mol. The van der Waals surface area contributed by atoms with Gasteiger partial charge in [-0.2, -0.15) is 5.10 Å². The molecule has 3 rings (SSSR count). The standard InChI is InChI=1S/C17H22N4O2S/c1-11-5-2-3-6-13(11)19-16(22)10-21-17(23)12(18)9-14(20-21)15-7-4-8-24-15/h4,7-9,11,13H,2-3,5-6,10,18H2,1H3,(H,19,22)/t11-,13+/m1/s1. The Morgan fingerprint density at radius 1 is 1.46 bits per heavy atom. The third-order valence-corrected chi connectivity index (χ3v) is 5.42. The average Bonchev–Trinajstić information content (AvgIpc) is 3.08. The average molecular weight is 346 g/mol. The van der Waals surface area contributed by atoms with Crippen LogP contribution in [0.4, 0.5) is 5.69 Å². The molecule has 1 saturated carbocycles. The van der Waals surface area contributed by atoms with Crippen molar-refractivity contribution in [2.45, 2.75) is 45.2 Å². The van der Waals surface area contributed by atoms with Gasteiger partial charge < -0.3 is 11.1 Å². The Bertz CT molecular complexity index is 769. The van der Waals surface area contributed by atoms with Gasteiger partial charge in [0.05, 0.1) is 4.88 Å². The lowest BCUT2D eigenvalue weighted by molar-refractivity contribution is -0.123. The Hall–Kier alpha value is -2.15. The van der Waals surface area contributed by atoms with Gasteiger partial charge in [-0.25, -0.2) is 4.68 Å². The molecule has 128 valence electrons. The van der Waals surface area contributed by atoms with Crippen LogP contribution in [0.2, 0.25) is 0 Å². The van der Waals surface area contributed by atoms with E-state index in [1.54, 1.807) is 6.07 Å². The minimum Gasteiger partial charge on any atom is -0.394 e. The summed E-state index contributed by atoms with van der Waals surface area (Å²) in [5.74, 6) is 0.279. The molecule has 2 aromatic rings. The van der Waals surface area contributed by atoms with Gasteiger partial charge in [0.2, 0.25) is 5.91 Å². The molecule has 1 aliphatic carbocycles. The highest BCUT2D eigenvalue weighted by molar-refractivity contribution is 7.13. The molecule has 0 radical (unpaired) electrons. The van der Waals surface area contributed by atoms with Crippen molar-refractivity contribution in [3.63, 3.8) is 0 Å². The molecule has 1 aliphatic rings. The third kappa shape index (κ3) is 3.67. The fraction of sp³-hybridized carbons (Fsp3) is 0.471. The molecular weight excluding hydrogens is 324 g/mol. The largest absolute Gasteiger partial charge is 0.394 e. The van der Waals surface area contributed by atoms with Gasteiger partial charge in [0.25, 0.3) is 5.56 Å². The van der Waals surface area contributed by atoms with E-state index in [0.717, 1.165) is 28.8 Å². The van der Waals surface area contributed by atoms with Gasteiger partial charge in [0.1, 0.15) is 17.9 Å². The van der Waals surface area contributed by atoms with E-state index in [0.29, 0.717) is 11.6 Å². The second kappa shape index (κ2) is 7.17. The van der Waals surface area contributed by atoms with Crippen molar-refractivity contribution >= 4 is 22.9 Å². The number of nitrogens with two attached hydrogens (primary N) is 1. The predicted octanol–water partition coefficient (Wildman–Crippen LogP) is 2.25. The van der Waals surface area contributed by atoms with E-state index in [1.807, 2.05) is 17.5 Å². The zero-order valence-corrected chi connectivity index (χ0v) is 14.5. The summed E-state index contributed by atoms with van der Waals surface area (Å²) in [4.78, 5) is 25.4. The Morgan fingerprint density at radius 3 is 2.96 bits per heavy atom. The van der Waals surface area contributed by atoms with Crippen molar-refractivity contribution in [1.82, 2.24) is 15.1 Å². The normalized spacial score (nSPS) is 20.7. The number of hydrogen-bond donors (Lipinski definition) is 2. The molecule has 0 aliphatic heterocycles. The van der Waals surface area contributed by atoms with Crippen molar-refractivity contribution in [3.8, 4) is 10.6 Å². The van der Waals surface area contributed by atoms with E-state index in [-0.39, 0.29) is 24.2 Å². The first-order valence-corrected chi connectivity index (χ1v) is 9.13. The van der Waals surface area contributed by atoms with Gasteiger partial charge in [-0.3, -0.25) is 9.59 Å². The van der Waals surface area contributed by atoms with Crippen LogP contribution in [0.1, 0.15) is 32.6 Å². The summed E-state index contributed by atoms with van der Waals surface area (Å²) < 4.78 is 1.16. The van der Waals surface area contributed by atoms with E-state index in [2.05, 4.69) is 17.3 Å². The van der Waals surface area contributed by atoms with Gasteiger partial charge in [-0.15, -0.1) is 11.3 Å². The van der Waals surface area contributed by atoms with Crippen molar-refractivity contribution in [3.05, 3.63) is 33.9 Å². The number of carbonyl (C=O) groups is 1. The molecular formula is C17H22N4O2S. The summed E-state index contributed by atoms with van der Waals surface area (Å²) in [6.07, 6.45) is 4.47. The molecule has 0 saturated heterocycles. The van der Waals surface area contributed by atoms with Crippen LogP contribution in [-0.2, 0) is 11.3 Å². The molecule has 3 N–H and O–H groups in total. The highest BCUT2D eigenvalue weighted by Crippen LogP contribution is 2.24. The van der Waals surface area contributed by atoms with Gasteiger partial charge in [0, 0.05) is 6.04 Å². The first-order valence-electron chi connectivity index (χ1n) is 8.25. The second-order valence-electron chi connectivity index (χ2n) is 6.36. The summed E-state index contributed by atoms with van der Waals surface area (Å²) >= 11 is 1.51. The number of nitrogens with one attached hydrogen (secondary N) is 1. The lowest BCUT2D eigenvalue weighted by Crippen LogP contribution is -2.44. The van der Waals surface area contributed by atoms with E-state index >= 15 is 0 Å². The van der Waals surface area contributed by atoms with E-state index in [4.69, 9.17) is 5.73 Å². The molecule has 7 heteroatoms. The Labute approximate surface area is 144 Å². The van der Waals surface area contributed by atoms with Gasteiger partial charge in [-0.1, -0.05) is 25.8 Å². The van der Waals surface area contributed by atoms with E-state index < -0.39 is 5.56 Å². The zero-order valence-electron chi connectivity index (χ0n) is 13.7. The van der Waals surface area contributed by atoms with Gasteiger partial charge >= 0.3 is 0 Å². The van der Waals surface area contributed by atoms with Crippen LogP contribution >= 0.6 is 11.3 Å². The molecule has 2 heterocycles. The molecule has 0 spiro atoms. The molecule has 24 heavy (non-hydrogen) atoms. The van der Waals surface area contributed by atoms with Gasteiger partial charge in [-0.05, 0) is 36.3 Å². The first kappa shape index (κ1) is 16.7. The topological polar surface area (TPSA) is 90.0 Å². The molecule has 0 bridgehead atoms. The quantitative estimate of drug-likeness (QED) is 0.888. The summed E-state index contributed by atoms with van der Waals surface area (Å²) in [6.45, 7) is 2.05. The number of thiophene rings is 1. The molecule has 0 aromatic carbocycles. The molecule has 2 atom stereocenters. The van der Waals surface area contributed by atoms with Crippen LogP contribution in [0.15, 0.2) is 28.4 Å². The van der Waals surface area contributed by atoms with Crippen LogP contribution in [0.25, 0.3) is 10.6 Å². The maximum absolute atomic E-state index is 12.3. The Kier molecular flexibility index (Phi) is 4.99. The minimum atomic E-state index is -0.429. The first-order chi connectivity index (χ1) is 11.5. The number of anilines is 1. The highest BCUT2D eigenvalue weighted by atomic mass is 32.1. The number of aromatic nitrogens is 2. The molecule has 2 aromatic heterocycles. The Morgan fingerprint density at radius 2 is 2.25 bits per heavy atom. The molecule has 1 amide bonds. The molecule has 1 fully saturated rings. The number of rotatable bonds is 4. The van der Waals surface area contributed by atoms with Gasteiger partial charge in [0.15, 0.2) is 0 Å². The fourth-order valence-corrected chi connectivity index (χ4v) is 3.81. The maximum Gasteiger partial charge on any atom is 0.290 e. The van der Waals surface area contributed by atoms with E-state index in [9.17, 15) is 9.59 Å². The minimum absolute atomic E-state index is 0.104. The summed E-state index contributed by atoms with van der Waals surface area (Å²) in [6, 6.07) is 5.56. The van der Waals surface area contributed by atoms with Crippen LogP contribution < -0.4 is 16.6 Å². The smallest absolute Gasteiger partial charge is 0.290 e. The number of nitrogens with zero attached hydrogens (tertiary/aromatic N) is 2. The van der Waals surface area contributed by atoms with Crippen molar-refractivity contribution < 1.29 is 4.79 Å². The maximum atomic E-state index is 12.3. The highest BCUT2D eigenvalue weighted by Gasteiger charge is 2.23. The van der Waals surface area contributed by atoms with Crippen molar-refractivity contribution in [2.75, 3.05) is 5.73 Å². The molecule has 6 nitrogen and oxygen atoms in total. The SMILES string of the molecule is C[C@@H]1CCCC[C@@H]1NC(=O)Cn1nc(-c2cccs2)cc(N)c1=O. The molecule has 0 unspecified atom stereocenters. The predicted molar refractivity (Wildman–Crippen MR) is 95.8 cm³/mol. The van der Waals surface area contributed by atoms with Crippen LogP contribution in [-0.4, -0.2) is 21.7 Å². The lowest BCUT2D eigenvalue weighted by Gasteiger charge is -2.29. The number of hydrogen-bond acceptors (Lipinski definition) is 5. The zero-order chi connectivity index (χ0) is 17.1. The van der Waals surface area contributed by atoms with Crippen LogP contribution in [0.3, 0.4) is 0 Å². The third-order valence-electron chi connectivity index (χ3n) is 4.53. The fourth-order valence-electron chi connectivity index (χ4n) is 3.13. The summed E-state index contributed by atoms with van der Waals surface area (Å²) in [5.41, 5.74) is 6.10. The van der Waals surface area contributed by atoms with Crippen molar-refractivity contribution in [2.24, 2.45) is 5.92 Å². The summed E-state index contributed by atoms with van der Waals surface area (Å²) in [5, 5.41) is 9.27. The second-order valence-corrected chi connectivity index (χ2v) is 7.31. The van der Waals surface area contributed by atoms with E-state index in [1.165, 1.54) is 17.8 Å². The lowest BCUT2D eigenvalue weighted by atomic mass is 9.86. The number of carbonyl (C=O) groups excluding carboxylic acids is 1. The number of amides is 1. The number of nitrogen functional groups attached to an aromatic ring is 1. The van der Waals surface area contributed by atoms with Crippen molar-refractivity contribution in [1.29, 1.82) is 0 Å². The van der Waals surface area contributed by atoms with Crippen LogP contribution in [0, 0.1) is 5.92 Å². The Balaban J connectivity index is 1.76.